The first-order valence-electron chi connectivity index (χ1n) is 3.43. The SMILES string of the molecule is NC(=O)N(O)CCc1cnc[nH]1. The van der Waals surface area contributed by atoms with Crippen LogP contribution < -0.4 is 5.73 Å². The van der Waals surface area contributed by atoms with E-state index in [0.29, 0.717) is 11.5 Å². The normalized spacial score (nSPS) is 9.75. The molecule has 0 fully saturated rings. The summed E-state index contributed by atoms with van der Waals surface area (Å²) in [7, 11) is 0. The van der Waals surface area contributed by atoms with Gasteiger partial charge in [-0.15, -0.1) is 0 Å². The summed E-state index contributed by atoms with van der Waals surface area (Å²) in [4.78, 5) is 16.9. The number of nitrogens with zero attached hydrogens (tertiary/aromatic N) is 2. The van der Waals surface area contributed by atoms with Crippen molar-refractivity contribution in [3.05, 3.63) is 18.2 Å². The van der Waals surface area contributed by atoms with E-state index in [1.54, 1.807) is 6.20 Å². The Morgan fingerprint density at radius 1 is 1.83 bits per heavy atom. The topological polar surface area (TPSA) is 95.2 Å². The number of hydrogen-bond donors (Lipinski definition) is 3. The average Bonchev–Trinajstić information content (AvgIpc) is 2.51. The number of hydroxylamine groups is 2. The van der Waals surface area contributed by atoms with Crippen molar-refractivity contribution >= 4 is 6.03 Å². The van der Waals surface area contributed by atoms with Crippen molar-refractivity contribution in [2.45, 2.75) is 6.42 Å². The van der Waals surface area contributed by atoms with Crippen LogP contribution in [0.2, 0.25) is 0 Å². The predicted molar refractivity (Wildman–Crippen MR) is 40.4 cm³/mol. The second-order valence-electron chi connectivity index (χ2n) is 2.29. The number of urea groups is 1. The second kappa shape index (κ2) is 3.72. The molecule has 12 heavy (non-hydrogen) atoms. The third-order valence-corrected chi connectivity index (χ3v) is 1.40. The molecule has 1 aromatic rings. The standard InChI is InChI=1S/C6H10N4O2/c7-6(11)10(12)2-1-5-3-8-4-9-5/h3-4,12H,1-2H2,(H2,7,11)(H,8,9). The number of amides is 2. The van der Waals surface area contributed by atoms with Crippen molar-refractivity contribution in [2.75, 3.05) is 6.54 Å². The van der Waals surface area contributed by atoms with E-state index in [0.717, 1.165) is 5.69 Å². The van der Waals surface area contributed by atoms with Gasteiger partial charge in [-0.25, -0.2) is 14.8 Å². The summed E-state index contributed by atoms with van der Waals surface area (Å²) in [5.41, 5.74) is 5.63. The lowest BCUT2D eigenvalue weighted by Crippen LogP contribution is -2.34. The van der Waals surface area contributed by atoms with Gasteiger partial charge in [0, 0.05) is 18.3 Å². The van der Waals surface area contributed by atoms with Gasteiger partial charge < -0.3 is 10.7 Å². The first-order chi connectivity index (χ1) is 5.70. The van der Waals surface area contributed by atoms with Crippen LogP contribution in [-0.4, -0.2) is 32.8 Å². The van der Waals surface area contributed by atoms with Crippen molar-refractivity contribution in [3.8, 4) is 0 Å². The molecule has 0 unspecified atom stereocenters. The van der Waals surface area contributed by atoms with Gasteiger partial charge in [0.05, 0.1) is 12.9 Å². The van der Waals surface area contributed by atoms with Gasteiger partial charge in [-0.2, -0.15) is 0 Å². The molecule has 0 aliphatic heterocycles. The van der Waals surface area contributed by atoms with Crippen molar-refractivity contribution in [2.24, 2.45) is 5.73 Å². The number of hydrogen-bond acceptors (Lipinski definition) is 3. The number of primary amides is 1. The van der Waals surface area contributed by atoms with E-state index in [9.17, 15) is 4.79 Å². The molecule has 0 saturated heterocycles. The Hall–Kier alpha value is -1.56. The lowest BCUT2D eigenvalue weighted by molar-refractivity contribution is -0.0383. The zero-order valence-corrected chi connectivity index (χ0v) is 6.40. The number of carbonyl (C=O) groups excluding carboxylic acids is 1. The van der Waals surface area contributed by atoms with Gasteiger partial charge in [-0.3, -0.25) is 5.21 Å². The molecule has 0 radical (unpaired) electrons. The van der Waals surface area contributed by atoms with Gasteiger partial charge in [0.25, 0.3) is 0 Å². The Labute approximate surface area is 69.0 Å². The Morgan fingerprint density at radius 2 is 2.58 bits per heavy atom. The molecule has 4 N–H and O–H groups in total. The minimum Gasteiger partial charge on any atom is -0.350 e. The lowest BCUT2D eigenvalue weighted by atomic mass is 10.3. The van der Waals surface area contributed by atoms with Crippen molar-refractivity contribution in [1.82, 2.24) is 15.0 Å². The molecule has 0 atom stereocenters. The number of nitrogens with two attached hydrogens (primary N) is 1. The van der Waals surface area contributed by atoms with Gasteiger partial charge in [-0.05, 0) is 0 Å². The summed E-state index contributed by atoms with van der Waals surface area (Å²) in [6, 6.07) is -0.852. The highest BCUT2D eigenvalue weighted by Crippen LogP contribution is 1.93. The maximum Gasteiger partial charge on any atom is 0.338 e. The molecule has 0 aromatic carbocycles. The number of nitrogens with one attached hydrogen (secondary N) is 1. The molecule has 1 aromatic heterocycles. The van der Waals surface area contributed by atoms with Crippen LogP contribution in [0.25, 0.3) is 0 Å². The zero-order valence-electron chi connectivity index (χ0n) is 6.40. The number of rotatable bonds is 3. The van der Waals surface area contributed by atoms with Gasteiger partial charge >= 0.3 is 6.03 Å². The fourth-order valence-corrected chi connectivity index (χ4v) is 0.758. The molecular weight excluding hydrogens is 160 g/mol. The molecule has 66 valence electrons. The van der Waals surface area contributed by atoms with Crippen LogP contribution in [0.5, 0.6) is 0 Å². The van der Waals surface area contributed by atoms with Crippen LogP contribution in [0.3, 0.4) is 0 Å². The molecule has 0 spiro atoms. The second-order valence-corrected chi connectivity index (χ2v) is 2.29. The van der Waals surface area contributed by atoms with E-state index in [1.165, 1.54) is 6.33 Å². The van der Waals surface area contributed by atoms with E-state index < -0.39 is 6.03 Å². The Kier molecular flexibility index (Phi) is 2.65. The molecule has 0 aliphatic carbocycles. The quantitative estimate of drug-likeness (QED) is 0.430. The monoisotopic (exact) mass is 170 g/mol. The number of imidazole rings is 1. The van der Waals surface area contributed by atoms with E-state index in [1.807, 2.05) is 0 Å². The predicted octanol–water partition coefficient (Wildman–Crippen LogP) is -0.278. The van der Waals surface area contributed by atoms with Crippen LogP contribution in [0.15, 0.2) is 12.5 Å². The number of H-pyrrole nitrogens is 1. The molecule has 1 heterocycles. The van der Waals surface area contributed by atoms with Crippen LogP contribution in [-0.2, 0) is 6.42 Å². The van der Waals surface area contributed by atoms with Crippen LogP contribution >= 0.6 is 0 Å². The highest BCUT2D eigenvalue weighted by Gasteiger charge is 2.04. The van der Waals surface area contributed by atoms with Crippen LogP contribution in [0, 0.1) is 0 Å². The van der Waals surface area contributed by atoms with Gasteiger partial charge in [0.15, 0.2) is 0 Å². The smallest absolute Gasteiger partial charge is 0.338 e. The Balaban J connectivity index is 2.31. The number of aromatic amines is 1. The summed E-state index contributed by atoms with van der Waals surface area (Å²) >= 11 is 0. The summed E-state index contributed by atoms with van der Waals surface area (Å²) in [6.07, 6.45) is 3.65. The largest absolute Gasteiger partial charge is 0.350 e. The van der Waals surface area contributed by atoms with Gasteiger partial charge in [0.1, 0.15) is 0 Å². The third-order valence-electron chi connectivity index (χ3n) is 1.40. The molecule has 0 saturated carbocycles. The van der Waals surface area contributed by atoms with E-state index in [2.05, 4.69) is 9.97 Å². The van der Waals surface area contributed by atoms with Crippen molar-refractivity contribution in [1.29, 1.82) is 0 Å². The summed E-state index contributed by atoms with van der Waals surface area (Å²) < 4.78 is 0. The fraction of sp³-hybridized carbons (Fsp3) is 0.333. The number of aromatic nitrogens is 2. The van der Waals surface area contributed by atoms with Crippen molar-refractivity contribution < 1.29 is 10.0 Å². The molecule has 0 aliphatic rings. The first kappa shape index (κ1) is 8.54. The molecule has 2 amide bonds. The van der Waals surface area contributed by atoms with Gasteiger partial charge in [0.2, 0.25) is 0 Å². The highest BCUT2D eigenvalue weighted by atomic mass is 16.5. The molecule has 6 nitrogen and oxygen atoms in total. The molecule has 6 heteroatoms. The minimum atomic E-state index is -0.852. The van der Waals surface area contributed by atoms with E-state index >= 15 is 0 Å². The molecule has 0 bridgehead atoms. The maximum absolute atomic E-state index is 10.3. The number of carbonyl (C=O) groups is 1. The molecular formula is C6H10N4O2. The Bertz CT molecular complexity index is 246. The van der Waals surface area contributed by atoms with Crippen LogP contribution in [0.4, 0.5) is 4.79 Å². The first-order valence-corrected chi connectivity index (χ1v) is 3.43. The highest BCUT2D eigenvalue weighted by molar-refractivity contribution is 5.70. The van der Waals surface area contributed by atoms with E-state index in [-0.39, 0.29) is 6.54 Å². The maximum atomic E-state index is 10.3. The third kappa shape index (κ3) is 2.24. The Morgan fingerprint density at radius 3 is 3.08 bits per heavy atom. The van der Waals surface area contributed by atoms with Gasteiger partial charge in [-0.1, -0.05) is 0 Å². The fourth-order valence-electron chi connectivity index (χ4n) is 0.758. The summed E-state index contributed by atoms with van der Waals surface area (Å²) in [6.45, 7) is 0.164. The summed E-state index contributed by atoms with van der Waals surface area (Å²) in [5.74, 6) is 0. The lowest BCUT2D eigenvalue weighted by Gasteiger charge is -2.09. The zero-order chi connectivity index (χ0) is 8.97. The van der Waals surface area contributed by atoms with Crippen LogP contribution in [0.1, 0.15) is 5.69 Å². The molecule has 1 rings (SSSR count). The van der Waals surface area contributed by atoms with E-state index in [4.69, 9.17) is 10.9 Å². The minimum absolute atomic E-state index is 0.164. The van der Waals surface area contributed by atoms with Crippen molar-refractivity contribution in [3.63, 3.8) is 0 Å². The summed E-state index contributed by atoms with van der Waals surface area (Å²) in [5, 5.41) is 9.31. The average molecular weight is 170 g/mol.